The molecule has 174 valence electrons. The number of carbonyl (C=O) groups is 1. The molecule has 34 heavy (non-hydrogen) atoms. The third-order valence-electron chi connectivity index (χ3n) is 4.65. The molecule has 0 bridgehead atoms. The van der Waals surface area contributed by atoms with Crippen LogP contribution in [-0.4, -0.2) is 20.6 Å². The number of nitrogens with zero attached hydrogens (tertiary/aromatic N) is 3. The molecule has 0 radical (unpaired) electrons. The molecule has 4 rings (SSSR count). The Morgan fingerprint density at radius 3 is 2.56 bits per heavy atom. The molecule has 0 aliphatic rings. The maximum absolute atomic E-state index is 12.5. The van der Waals surface area contributed by atoms with Crippen molar-refractivity contribution in [1.82, 2.24) is 9.78 Å². The van der Waals surface area contributed by atoms with Gasteiger partial charge in [-0.15, -0.1) is 0 Å². The first-order valence-corrected chi connectivity index (χ1v) is 10.9. The Labute approximate surface area is 207 Å². The summed E-state index contributed by atoms with van der Waals surface area (Å²) in [6.07, 6.45) is 1.69. The molecule has 0 unspecified atom stereocenters. The second kappa shape index (κ2) is 10.2. The van der Waals surface area contributed by atoms with Crippen LogP contribution in [0.4, 0.5) is 11.5 Å². The van der Waals surface area contributed by atoms with Crippen molar-refractivity contribution in [3.63, 3.8) is 0 Å². The number of nitro benzene ring substituents is 1. The molecule has 1 amide bonds. The highest BCUT2D eigenvalue weighted by molar-refractivity contribution is 6.36. The van der Waals surface area contributed by atoms with Crippen molar-refractivity contribution in [3.8, 4) is 5.75 Å². The van der Waals surface area contributed by atoms with Crippen LogP contribution < -0.4 is 10.1 Å². The lowest BCUT2D eigenvalue weighted by Crippen LogP contribution is -2.12. The maximum Gasteiger partial charge on any atom is 0.292 e. The number of furan rings is 1. The summed E-state index contributed by atoms with van der Waals surface area (Å²) in [5, 5.41) is 18.9. The summed E-state index contributed by atoms with van der Waals surface area (Å²) < 4.78 is 12.6. The largest absolute Gasteiger partial charge is 0.484 e. The fourth-order valence-corrected chi connectivity index (χ4v) is 3.73. The van der Waals surface area contributed by atoms with E-state index in [4.69, 9.17) is 44.0 Å². The van der Waals surface area contributed by atoms with E-state index in [1.54, 1.807) is 41.2 Å². The van der Waals surface area contributed by atoms with Crippen LogP contribution in [0.5, 0.6) is 5.75 Å². The zero-order chi connectivity index (χ0) is 24.2. The Hall–Kier alpha value is -3.53. The quantitative estimate of drug-likeness (QED) is 0.217. The second-order valence-electron chi connectivity index (χ2n) is 6.98. The summed E-state index contributed by atoms with van der Waals surface area (Å²) in [6, 6.07) is 13.8. The smallest absolute Gasteiger partial charge is 0.292 e. The van der Waals surface area contributed by atoms with Crippen LogP contribution in [0.1, 0.15) is 21.9 Å². The summed E-state index contributed by atoms with van der Waals surface area (Å²) in [4.78, 5) is 22.7. The number of rotatable bonds is 8. The van der Waals surface area contributed by atoms with Gasteiger partial charge in [0.1, 0.15) is 18.1 Å². The van der Waals surface area contributed by atoms with Gasteiger partial charge in [0.15, 0.2) is 11.6 Å². The number of non-ortho nitro benzene ring substituents is 1. The predicted octanol–water partition coefficient (Wildman–Crippen LogP) is 6.22. The van der Waals surface area contributed by atoms with Crippen molar-refractivity contribution in [3.05, 3.63) is 103 Å². The Morgan fingerprint density at radius 2 is 1.85 bits per heavy atom. The van der Waals surface area contributed by atoms with Crippen LogP contribution in [0.2, 0.25) is 15.1 Å². The number of nitrogens with one attached hydrogen (secondary N) is 1. The van der Waals surface area contributed by atoms with E-state index in [0.29, 0.717) is 28.2 Å². The van der Waals surface area contributed by atoms with E-state index in [0.717, 1.165) is 5.56 Å². The van der Waals surface area contributed by atoms with Gasteiger partial charge in [-0.3, -0.25) is 19.6 Å². The number of hydrogen-bond donors (Lipinski definition) is 1. The van der Waals surface area contributed by atoms with Crippen molar-refractivity contribution >= 4 is 52.2 Å². The van der Waals surface area contributed by atoms with Crippen molar-refractivity contribution in [2.45, 2.75) is 13.2 Å². The topological polar surface area (TPSA) is 112 Å². The van der Waals surface area contributed by atoms with Gasteiger partial charge in [-0.05, 0) is 30.3 Å². The third kappa shape index (κ3) is 5.51. The van der Waals surface area contributed by atoms with Crippen LogP contribution in [0.25, 0.3) is 0 Å². The van der Waals surface area contributed by atoms with E-state index >= 15 is 0 Å². The monoisotopic (exact) mass is 520 g/mol. The summed E-state index contributed by atoms with van der Waals surface area (Å²) in [5.74, 6) is 0.482. The zero-order valence-corrected chi connectivity index (χ0v) is 19.5. The lowest BCUT2D eigenvalue weighted by molar-refractivity contribution is -0.384. The molecule has 0 aliphatic carbocycles. The van der Waals surface area contributed by atoms with E-state index in [1.807, 2.05) is 0 Å². The highest BCUT2D eigenvalue weighted by Gasteiger charge is 2.15. The van der Waals surface area contributed by atoms with Gasteiger partial charge >= 0.3 is 0 Å². The van der Waals surface area contributed by atoms with Gasteiger partial charge in [0, 0.05) is 40.0 Å². The first kappa shape index (κ1) is 23.6. The molecular weight excluding hydrogens is 507 g/mol. The first-order chi connectivity index (χ1) is 16.3. The Kier molecular flexibility index (Phi) is 7.06. The lowest BCUT2D eigenvalue weighted by atomic mass is 10.2. The lowest BCUT2D eigenvalue weighted by Gasteiger charge is -2.07. The van der Waals surface area contributed by atoms with Gasteiger partial charge in [0.05, 0.1) is 16.5 Å². The van der Waals surface area contributed by atoms with Crippen molar-refractivity contribution in [2.24, 2.45) is 0 Å². The van der Waals surface area contributed by atoms with Crippen LogP contribution in [-0.2, 0) is 13.2 Å². The molecule has 2 aromatic carbocycles. The molecule has 0 fully saturated rings. The summed E-state index contributed by atoms with van der Waals surface area (Å²) in [7, 11) is 0. The van der Waals surface area contributed by atoms with E-state index < -0.39 is 10.8 Å². The normalized spacial score (nSPS) is 10.8. The first-order valence-electron chi connectivity index (χ1n) is 9.73. The zero-order valence-electron chi connectivity index (χ0n) is 17.2. The van der Waals surface area contributed by atoms with Gasteiger partial charge in [0.2, 0.25) is 0 Å². The fraction of sp³-hybridized carbons (Fsp3) is 0.0909. The number of amides is 1. The van der Waals surface area contributed by atoms with Crippen LogP contribution in [0.3, 0.4) is 0 Å². The number of aromatic nitrogens is 2. The molecule has 0 spiro atoms. The Morgan fingerprint density at radius 1 is 1.09 bits per heavy atom. The second-order valence-corrected chi connectivity index (χ2v) is 8.20. The summed E-state index contributed by atoms with van der Waals surface area (Å²) >= 11 is 18.4. The minimum atomic E-state index is -0.553. The average Bonchev–Trinajstić information content (AvgIpc) is 3.45. The van der Waals surface area contributed by atoms with Crippen LogP contribution in [0, 0.1) is 10.1 Å². The number of anilines is 1. The van der Waals surface area contributed by atoms with Gasteiger partial charge < -0.3 is 14.5 Å². The average molecular weight is 522 g/mol. The fourth-order valence-electron chi connectivity index (χ4n) is 2.99. The van der Waals surface area contributed by atoms with Crippen molar-refractivity contribution < 1.29 is 18.9 Å². The van der Waals surface area contributed by atoms with Gasteiger partial charge in [0.25, 0.3) is 11.6 Å². The molecule has 4 aromatic rings. The SMILES string of the molecule is O=C(Nc1ccn(Cc2c(Cl)cccc2Cl)n1)c1ccc(COc2ccc([N+](=O)[O-])cc2Cl)o1. The summed E-state index contributed by atoms with van der Waals surface area (Å²) in [6.45, 7) is 0.305. The molecule has 0 aliphatic heterocycles. The number of hydrogen-bond acceptors (Lipinski definition) is 6. The molecular formula is C22H15Cl3N4O5. The van der Waals surface area contributed by atoms with Gasteiger partial charge in [-0.2, -0.15) is 5.10 Å². The van der Waals surface area contributed by atoms with E-state index in [-0.39, 0.29) is 28.8 Å². The van der Waals surface area contributed by atoms with E-state index in [1.165, 1.54) is 24.3 Å². The molecule has 0 saturated heterocycles. The maximum atomic E-state index is 12.5. The van der Waals surface area contributed by atoms with Gasteiger partial charge in [-0.25, -0.2) is 0 Å². The van der Waals surface area contributed by atoms with Crippen LogP contribution in [0.15, 0.2) is 65.2 Å². The summed E-state index contributed by atoms with van der Waals surface area (Å²) in [5.41, 5.74) is 0.572. The molecule has 2 heterocycles. The number of benzene rings is 2. The number of halogens is 3. The Balaban J connectivity index is 1.35. The molecule has 0 atom stereocenters. The van der Waals surface area contributed by atoms with E-state index in [9.17, 15) is 14.9 Å². The third-order valence-corrected chi connectivity index (χ3v) is 5.65. The predicted molar refractivity (Wildman–Crippen MR) is 127 cm³/mol. The number of carbonyl (C=O) groups excluding carboxylic acids is 1. The number of ether oxygens (including phenoxy) is 1. The Bertz CT molecular complexity index is 1350. The van der Waals surface area contributed by atoms with Crippen molar-refractivity contribution in [1.29, 1.82) is 0 Å². The highest BCUT2D eigenvalue weighted by Crippen LogP contribution is 2.29. The van der Waals surface area contributed by atoms with Crippen molar-refractivity contribution in [2.75, 3.05) is 5.32 Å². The minimum absolute atomic E-state index is 0.0297. The number of nitro groups is 1. The van der Waals surface area contributed by atoms with E-state index in [2.05, 4.69) is 10.4 Å². The molecule has 2 aromatic heterocycles. The minimum Gasteiger partial charge on any atom is -0.484 e. The molecule has 1 N–H and O–H groups in total. The molecule has 9 nitrogen and oxygen atoms in total. The molecule has 12 heteroatoms. The standard InChI is InChI=1S/C22H15Cl3N4O5/c23-16-2-1-3-17(24)15(16)11-28-9-8-21(27-28)26-22(30)20-7-5-14(34-20)12-33-19-6-4-13(29(31)32)10-18(19)25/h1-10H,11-12H2,(H,26,27,30). The molecule has 0 saturated carbocycles. The van der Waals surface area contributed by atoms with Crippen LogP contribution >= 0.6 is 34.8 Å². The van der Waals surface area contributed by atoms with Gasteiger partial charge in [-0.1, -0.05) is 40.9 Å². The highest BCUT2D eigenvalue weighted by atomic mass is 35.5.